The molecule has 10 nitrogen and oxygen atoms in total. The summed E-state index contributed by atoms with van der Waals surface area (Å²) in [6.07, 6.45) is 0. The number of benzene rings is 2. The van der Waals surface area contributed by atoms with Gasteiger partial charge in [-0.1, -0.05) is 11.3 Å². The van der Waals surface area contributed by atoms with Crippen LogP contribution >= 0.6 is 11.3 Å². The lowest BCUT2D eigenvalue weighted by atomic mass is 10.2. The van der Waals surface area contributed by atoms with E-state index < -0.39 is 21.9 Å². The van der Waals surface area contributed by atoms with Crippen molar-refractivity contribution in [2.75, 3.05) is 20.8 Å². The van der Waals surface area contributed by atoms with Crippen LogP contribution < -0.4 is 19.4 Å². The number of primary sulfonamides is 1. The Hall–Kier alpha value is -3.22. The molecular weight excluding hydrogens is 458 g/mol. The molecule has 0 unspecified atom stereocenters. The van der Waals surface area contributed by atoms with Crippen LogP contribution in [-0.4, -0.2) is 45.7 Å². The summed E-state index contributed by atoms with van der Waals surface area (Å²) in [6.45, 7) is 1.65. The van der Waals surface area contributed by atoms with Crippen LogP contribution in [0, 0.1) is 0 Å². The molecular formula is C20H21N3O7S2. The molecule has 1 heterocycles. The first kappa shape index (κ1) is 23.4. The van der Waals surface area contributed by atoms with Gasteiger partial charge in [-0.3, -0.25) is 9.59 Å². The SMILES string of the molecule is CCOC(=O)Cn1c(=NC(=O)c2ccc(OC)cc2OC)sc2cc(S(N)(=O)=O)ccc21. The third-order valence-electron chi connectivity index (χ3n) is 4.41. The zero-order valence-corrected chi connectivity index (χ0v) is 19.2. The maximum atomic E-state index is 12.9. The van der Waals surface area contributed by atoms with Crippen LogP contribution in [0.25, 0.3) is 10.2 Å². The standard InChI is InChI=1S/C20H21N3O7S2/c1-4-30-18(24)11-23-15-8-6-13(32(21,26)27)10-17(15)31-20(23)22-19(25)14-7-5-12(28-2)9-16(14)29-3/h5-10H,4,11H2,1-3H3,(H2,21,26,27). The minimum absolute atomic E-state index is 0.0933. The molecule has 0 saturated carbocycles. The van der Waals surface area contributed by atoms with Crippen molar-refractivity contribution in [2.24, 2.45) is 10.1 Å². The van der Waals surface area contributed by atoms with Crippen LogP contribution in [0.2, 0.25) is 0 Å². The quantitative estimate of drug-likeness (QED) is 0.509. The van der Waals surface area contributed by atoms with Crippen molar-refractivity contribution in [3.8, 4) is 11.5 Å². The Kier molecular flexibility index (Phi) is 6.96. The lowest BCUT2D eigenvalue weighted by Crippen LogP contribution is -2.23. The van der Waals surface area contributed by atoms with Gasteiger partial charge < -0.3 is 18.8 Å². The Morgan fingerprint density at radius 3 is 2.50 bits per heavy atom. The molecule has 0 saturated heterocycles. The van der Waals surface area contributed by atoms with Gasteiger partial charge in [0.1, 0.15) is 18.0 Å². The Labute approximate surface area is 187 Å². The lowest BCUT2D eigenvalue weighted by molar-refractivity contribution is -0.143. The normalized spacial score (nSPS) is 12.1. The first-order valence-electron chi connectivity index (χ1n) is 9.30. The molecule has 0 atom stereocenters. The average molecular weight is 480 g/mol. The second kappa shape index (κ2) is 9.51. The second-order valence-corrected chi connectivity index (χ2v) is 9.00. The van der Waals surface area contributed by atoms with E-state index in [1.807, 2.05) is 0 Å². The van der Waals surface area contributed by atoms with Gasteiger partial charge in [-0.2, -0.15) is 4.99 Å². The van der Waals surface area contributed by atoms with Gasteiger partial charge in [0.05, 0.1) is 41.5 Å². The van der Waals surface area contributed by atoms with E-state index in [1.54, 1.807) is 19.1 Å². The molecule has 1 aromatic heterocycles. The predicted molar refractivity (Wildman–Crippen MR) is 117 cm³/mol. The maximum absolute atomic E-state index is 12.9. The first-order chi connectivity index (χ1) is 15.2. The highest BCUT2D eigenvalue weighted by atomic mass is 32.2. The average Bonchev–Trinajstić information content (AvgIpc) is 3.08. The van der Waals surface area contributed by atoms with Gasteiger partial charge in [0.2, 0.25) is 10.0 Å². The highest BCUT2D eigenvalue weighted by molar-refractivity contribution is 7.89. The van der Waals surface area contributed by atoms with E-state index in [9.17, 15) is 18.0 Å². The fourth-order valence-electron chi connectivity index (χ4n) is 2.93. The Balaban J connectivity index is 2.18. The predicted octanol–water partition coefficient (Wildman–Crippen LogP) is 1.67. The number of esters is 1. The smallest absolute Gasteiger partial charge is 0.326 e. The summed E-state index contributed by atoms with van der Waals surface area (Å²) in [5.74, 6) is -0.361. The zero-order valence-electron chi connectivity index (χ0n) is 17.5. The van der Waals surface area contributed by atoms with E-state index in [1.165, 1.54) is 43.1 Å². The van der Waals surface area contributed by atoms with Crippen LogP contribution in [0.1, 0.15) is 17.3 Å². The molecule has 32 heavy (non-hydrogen) atoms. The van der Waals surface area contributed by atoms with E-state index >= 15 is 0 Å². The number of carbonyl (C=O) groups is 2. The third-order valence-corrected chi connectivity index (χ3v) is 6.36. The summed E-state index contributed by atoms with van der Waals surface area (Å²) < 4.78 is 40.8. The number of thiazole rings is 1. The summed E-state index contributed by atoms with van der Waals surface area (Å²) in [4.78, 5) is 29.3. The van der Waals surface area contributed by atoms with Crippen LogP contribution in [0.3, 0.4) is 0 Å². The molecule has 0 aliphatic carbocycles. The number of nitrogens with two attached hydrogens (primary N) is 1. The number of methoxy groups -OCH3 is 2. The van der Waals surface area contributed by atoms with Crippen molar-refractivity contribution in [3.63, 3.8) is 0 Å². The highest BCUT2D eigenvalue weighted by Crippen LogP contribution is 2.26. The van der Waals surface area contributed by atoms with Gasteiger partial charge in [-0.05, 0) is 37.3 Å². The summed E-state index contributed by atoms with van der Waals surface area (Å²) in [6, 6.07) is 8.87. The number of ether oxygens (including phenoxy) is 3. The number of aromatic nitrogens is 1. The Bertz CT molecular complexity index is 1360. The molecule has 0 aliphatic rings. The van der Waals surface area contributed by atoms with Gasteiger partial charge in [0.25, 0.3) is 5.91 Å². The van der Waals surface area contributed by atoms with E-state index in [2.05, 4.69) is 4.99 Å². The monoisotopic (exact) mass is 479 g/mol. The van der Waals surface area contributed by atoms with E-state index in [0.717, 1.165) is 11.3 Å². The second-order valence-electron chi connectivity index (χ2n) is 6.43. The number of carbonyl (C=O) groups excluding carboxylic acids is 2. The molecule has 0 spiro atoms. The van der Waals surface area contributed by atoms with Gasteiger partial charge in [-0.15, -0.1) is 0 Å². The molecule has 3 rings (SSSR count). The topological polar surface area (TPSA) is 139 Å². The maximum Gasteiger partial charge on any atom is 0.326 e. The molecule has 3 aromatic rings. The summed E-state index contributed by atoms with van der Waals surface area (Å²) in [5.41, 5.74) is 0.697. The van der Waals surface area contributed by atoms with Crippen molar-refractivity contribution in [2.45, 2.75) is 18.4 Å². The molecule has 2 N–H and O–H groups in total. The van der Waals surface area contributed by atoms with E-state index in [0.29, 0.717) is 16.0 Å². The zero-order chi connectivity index (χ0) is 23.5. The number of nitrogens with zero attached hydrogens (tertiary/aromatic N) is 2. The van der Waals surface area contributed by atoms with Gasteiger partial charge in [0.15, 0.2) is 4.80 Å². The van der Waals surface area contributed by atoms with Crippen LogP contribution in [0.4, 0.5) is 0 Å². The number of hydrogen-bond donors (Lipinski definition) is 1. The van der Waals surface area contributed by atoms with Crippen LogP contribution in [0.15, 0.2) is 46.3 Å². The molecule has 0 bridgehead atoms. The highest BCUT2D eigenvalue weighted by Gasteiger charge is 2.17. The van der Waals surface area contributed by atoms with Crippen molar-refractivity contribution in [1.82, 2.24) is 4.57 Å². The van der Waals surface area contributed by atoms with Crippen LogP contribution in [-0.2, 0) is 26.1 Å². The molecule has 12 heteroatoms. The van der Waals surface area contributed by atoms with Crippen molar-refractivity contribution in [3.05, 3.63) is 46.8 Å². The van der Waals surface area contributed by atoms with Gasteiger partial charge in [0, 0.05) is 6.07 Å². The Morgan fingerprint density at radius 2 is 1.88 bits per heavy atom. The number of sulfonamides is 1. The molecule has 170 valence electrons. The summed E-state index contributed by atoms with van der Waals surface area (Å²) >= 11 is 1.04. The molecule has 1 amide bonds. The molecule has 0 aliphatic heterocycles. The molecule has 0 radical (unpaired) electrons. The fraction of sp³-hybridized carbons (Fsp3) is 0.250. The number of fused-ring (bicyclic) bond motifs is 1. The minimum atomic E-state index is -3.93. The third kappa shape index (κ3) is 4.98. The van der Waals surface area contributed by atoms with Crippen molar-refractivity contribution in [1.29, 1.82) is 0 Å². The van der Waals surface area contributed by atoms with E-state index in [-0.39, 0.29) is 34.2 Å². The Morgan fingerprint density at radius 1 is 1.12 bits per heavy atom. The first-order valence-corrected chi connectivity index (χ1v) is 11.7. The summed E-state index contributed by atoms with van der Waals surface area (Å²) in [5, 5.41) is 5.22. The number of rotatable bonds is 7. The van der Waals surface area contributed by atoms with E-state index in [4.69, 9.17) is 19.3 Å². The number of amides is 1. The summed E-state index contributed by atoms with van der Waals surface area (Å²) in [7, 11) is -1.02. The van der Waals surface area contributed by atoms with Gasteiger partial charge in [-0.25, -0.2) is 13.6 Å². The number of hydrogen-bond acceptors (Lipinski definition) is 8. The van der Waals surface area contributed by atoms with Crippen LogP contribution in [0.5, 0.6) is 11.5 Å². The molecule has 2 aromatic carbocycles. The lowest BCUT2D eigenvalue weighted by Gasteiger charge is -2.08. The van der Waals surface area contributed by atoms with Gasteiger partial charge >= 0.3 is 5.97 Å². The fourth-order valence-corrected chi connectivity index (χ4v) is 4.61. The molecule has 0 fully saturated rings. The van der Waals surface area contributed by atoms with Crippen molar-refractivity contribution < 1.29 is 32.2 Å². The van der Waals surface area contributed by atoms with Crippen molar-refractivity contribution >= 4 is 43.5 Å². The minimum Gasteiger partial charge on any atom is -0.497 e. The largest absolute Gasteiger partial charge is 0.497 e.